The number of nitrogens with zero attached hydrogens (tertiary/aromatic N) is 2. The van der Waals surface area contributed by atoms with Crippen molar-refractivity contribution in [2.45, 2.75) is 6.54 Å². The van der Waals surface area contributed by atoms with Gasteiger partial charge in [-0.15, -0.1) is 0 Å². The third-order valence-corrected chi connectivity index (χ3v) is 1.76. The number of likely N-dealkylation sites (N-methyl/N-ethyl adjacent to an activating group) is 1. The molecule has 1 N–H and O–H groups in total. The van der Waals surface area contributed by atoms with Crippen LogP contribution in [0.4, 0.5) is 0 Å². The normalized spacial score (nSPS) is 10.4. The molecule has 0 aliphatic heterocycles. The molecule has 1 heterocycles. The Labute approximate surface area is 84.0 Å². The lowest BCUT2D eigenvalue weighted by molar-refractivity contribution is 0.146. The van der Waals surface area contributed by atoms with E-state index >= 15 is 0 Å². The maximum atomic E-state index is 5.38. The molecule has 0 fully saturated rings. The van der Waals surface area contributed by atoms with Crippen molar-refractivity contribution in [3.8, 4) is 5.75 Å². The van der Waals surface area contributed by atoms with Gasteiger partial charge in [-0.05, 0) is 7.05 Å². The van der Waals surface area contributed by atoms with Crippen LogP contribution in [0.3, 0.4) is 0 Å². The molecule has 0 radical (unpaired) electrons. The molecule has 1 rings (SSSR count). The molecule has 0 aromatic carbocycles. The van der Waals surface area contributed by atoms with E-state index in [-0.39, 0.29) is 0 Å². The van der Waals surface area contributed by atoms with Crippen LogP contribution in [0.15, 0.2) is 12.4 Å². The highest BCUT2D eigenvalue weighted by Gasteiger charge is 1.98. The molecule has 0 atom stereocenters. The van der Waals surface area contributed by atoms with E-state index in [2.05, 4.69) is 10.4 Å². The Balaban J connectivity index is 2.27. The smallest absolute Gasteiger partial charge is 0.157 e. The second-order valence-electron chi connectivity index (χ2n) is 2.88. The SMILES string of the molecule is CNCCn1cc(OCCOC)cn1. The third kappa shape index (κ3) is 3.76. The highest BCUT2D eigenvalue weighted by Crippen LogP contribution is 2.07. The van der Waals surface area contributed by atoms with E-state index in [9.17, 15) is 0 Å². The van der Waals surface area contributed by atoms with Gasteiger partial charge in [0.05, 0.1) is 25.5 Å². The van der Waals surface area contributed by atoms with Crippen LogP contribution in [0.1, 0.15) is 0 Å². The predicted octanol–water partition coefficient (Wildman–Crippen LogP) is 0.128. The quantitative estimate of drug-likeness (QED) is 0.634. The van der Waals surface area contributed by atoms with E-state index in [4.69, 9.17) is 9.47 Å². The molecule has 0 saturated heterocycles. The first-order chi connectivity index (χ1) is 6.86. The summed E-state index contributed by atoms with van der Waals surface area (Å²) in [6.45, 7) is 2.92. The summed E-state index contributed by atoms with van der Waals surface area (Å²) in [5.41, 5.74) is 0. The molecule has 0 aliphatic carbocycles. The zero-order chi connectivity index (χ0) is 10.2. The summed E-state index contributed by atoms with van der Waals surface area (Å²) in [7, 11) is 3.57. The summed E-state index contributed by atoms with van der Waals surface area (Å²) in [5.74, 6) is 0.790. The molecule has 1 aromatic rings. The fraction of sp³-hybridized carbons (Fsp3) is 0.667. The van der Waals surface area contributed by atoms with Crippen molar-refractivity contribution in [1.29, 1.82) is 0 Å². The first-order valence-electron chi connectivity index (χ1n) is 4.65. The molecule has 14 heavy (non-hydrogen) atoms. The number of hydrogen-bond donors (Lipinski definition) is 1. The standard InChI is InChI=1S/C9H17N3O2/c1-10-3-4-12-8-9(7-11-12)14-6-5-13-2/h7-8,10H,3-6H2,1-2H3. The van der Waals surface area contributed by atoms with Gasteiger partial charge in [0.2, 0.25) is 0 Å². The van der Waals surface area contributed by atoms with Crippen molar-refractivity contribution in [2.24, 2.45) is 0 Å². The minimum Gasteiger partial charge on any atom is -0.488 e. The Morgan fingerprint density at radius 2 is 2.36 bits per heavy atom. The van der Waals surface area contributed by atoms with Gasteiger partial charge in [-0.3, -0.25) is 4.68 Å². The largest absolute Gasteiger partial charge is 0.488 e. The van der Waals surface area contributed by atoms with E-state index in [1.54, 1.807) is 13.3 Å². The monoisotopic (exact) mass is 199 g/mol. The van der Waals surface area contributed by atoms with Gasteiger partial charge in [0.1, 0.15) is 6.61 Å². The zero-order valence-corrected chi connectivity index (χ0v) is 8.69. The first-order valence-corrected chi connectivity index (χ1v) is 4.65. The van der Waals surface area contributed by atoms with Crippen molar-refractivity contribution in [2.75, 3.05) is 33.9 Å². The number of hydrogen-bond acceptors (Lipinski definition) is 4. The van der Waals surface area contributed by atoms with E-state index < -0.39 is 0 Å². The van der Waals surface area contributed by atoms with Crippen molar-refractivity contribution < 1.29 is 9.47 Å². The van der Waals surface area contributed by atoms with Crippen LogP contribution in [0.5, 0.6) is 5.75 Å². The van der Waals surface area contributed by atoms with Crippen molar-refractivity contribution in [1.82, 2.24) is 15.1 Å². The maximum absolute atomic E-state index is 5.38. The van der Waals surface area contributed by atoms with E-state index in [0.29, 0.717) is 13.2 Å². The summed E-state index contributed by atoms with van der Waals surface area (Å²) in [5, 5.41) is 7.20. The summed E-state index contributed by atoms with van der Waals surface area (Å²) < 4.78 is 12.1. The molecule has 5 heteroatoms. The zero-order valence-electron chi connectivity index (χ0n) is 8.69. The van der Waals surface area contributed by atoms with E-state index in [1.165, 1.54) is 0 Å². The summed E-state index contributed by atoms with van der Waals surface area (Å²) in [4.78, 5) is 0. The number of nitrogens with one attached hydrogen (secondary N) is 1. The summed E-state index contributed by atoms with van der Waals surface area (Å²) in [6, 6.07) is 0. The second kappa shape index (κ2) is 6.39. The summed E-state index contributed by atoms with van der Waals surface area (Å²) in [6.07, 6.45) is 3.60. The van der Waals surface area contributed by atoms with Gasteiger partial charge < -0.3 is 14.8 Å². The maximum Gasteiger partial charge on any atom is 0.157 e. The second-order valence-corrected chi connectivity index (χ2v) is 2.88. The van der Waals surface area contributed by atoms with Crippen molar-refractivity contribution in [3.05, 3.63) is 12.4 Å². The molecule has 0 aliphatic rings. The average Bonchev–Trinajstić information content (AvgIpc) is 2.63. The van der Waals surface area contributed by atoms with Crippen molar-refractivity contribution >= 4 is 0 Å². The number of rotatable bonds is 7. The predicted molar refractivity (Wildman–Crippen MR) is 53.5 cm³/mol. The number of ether oxygens (including phenoxy) is 2. The molecule has 0 unspecified atom stereocenters. The first kappa shape index (κ1) is 11.0. The van der Waals surface area contributed by atoms with Crippen LogP contribution < -0.4 is 10.1 Å². The van der Waals surface area contributed by atoms with E-state index in [1.807, 2.05) is 17.9 Å². The average molecular weight is 199 g/mol. The van der Waals surface area contributed by atoms with Gasteiger partial charge in [0, 0.05) is 13.7 Å². The Morgan fingerprint density at radius 3 is 3.07 bits per heavy atom. The molecule has 80 valence electrons. The van der Waals surface area contributed by atoms with Gasteiger partial charge >= 0.3 is 0 Å². The van der Waals surface area contributed by atoms with Gasteiger partial charge in [-0.2, -0.15) is 5.10 Å². The molecule has 0 amide bonds. The molecule has 5 nitrogen and oxygen atoms in total. The van der Waals surface area contributed by atoms with Crippen LogP contribution in [-0.4, -0.2) is 43.7 Å². The fourth-order valence-electron chi connectivity index (χ4n) is 1.01. The van der Waals surface area contributed by atoms with Gasteiger partial charge in [0.15, 0.2) is 5.75 Å². The third-order valence-electron chi connectivity index (χ3n) is 1.76. The fourth-order valence-corrected chi connectivity index (χ4v) is 1.01. The van der Waals surface area contributed by atoms with Gasteiger partial charge in [-0.1, -0.05) is 0 Å². The Bertz CT molecular complexity index is 250. The molecular weight excluding hydrogens is 182 g/mol. The lowest BCUT2D eigenvalue weighted by Gasteiger charge is -2.01. The molecular formula is C9H17N3O2. The van der Waals surface area contributed by atoms with Crippen LogP contribution in [0.25, 0.3) is 0 Å². The van der Waals surface area contributed by atoms with Crippen LogP contribution in [0, 0.1) is 0 Å². The molecule has 0 spiro atoms. The van der Waals surface area contributed by atoms with Gasteiger partial charge in [-0.25, -0.2) is 0 Å². The highest BCUT2D eigenvalue weighted by atomic mass is 16.5. The molecule has 0 bridgehead atoms. The van der Waals surface area contributed by atoms with Crippen molar-refractivity contribution in [3.63, 3.8) is 0 Å². The lowest BCUT2D eigenvalue weighted by Crippen LogP contribution is -2.15. The Morgan fingerprint density at radius 1 is 1.50 bits per heavy atom. The number of methoxy groups -OCH3 is 1. The highest BCUT2D eigenvalue weighted by molar-refractivity contribution is 5.11. The van der Waals surface area contributed by atoms with Crippen LogP contribution >= 0.6 is 0 Å². The minimum atomic E-state index is 0.564. The Hall–Kier alpha value is -1.07. The summed E-state index contributed by atoms with van der Waals surface area (Å²) >= 11 is 0. The number of aromatic nitrogens is 2. The van der Waals surface area contributed by atoms with Crippen LogP contribution in [-0.2, 0) is 11.3 Å². The van der Waals surface area contributed by atoms with Gasteiger partial charge in [0.25, 0.3) is 0 Å². The lowest BCUT2D eigenvalue weighted by atomic mass is 10.6. The van der Waals surface area contributed by atoms with E-state index in [0.717, 1.165) is 18.8 Å². The molecule has 0 saturated carbocycles. The minimum absolute atomic E-state index is 0.564. The topological polar surface area (TPSA) is 48.3 Å². The molecule has 1 aromatic heterocycles. The van der Waals surface area contributed by atoms with Crippen LogP contribution in [0.2, 0.25) is 0 Å². The Kier molecular flexibility index (Phi) is 5.03.